The average molecular weight is 270 g/mol. The molecule has 0 radical (unpaired) electrons. The normalized spacial score (nSPS) is 11.2. The number of aryl methyl sites for hydroxylation is 1. The first kappa shape index (κ1) is 12.2. The van der Waals surface area contributed by atoms with Crippen molar-refractivity contribution in [1.29, 1.82) is 0 Å². The molecular formula is C7H10N8O2S. The summed E-state index contributed by atoms with van der Waals surface area (Å²) in [5.41, 5.74) is 2.20. The summed E-state index contributed by atoms with van der Waals surface area (Å²) < 4.78 is 26.2. The first-order valence-electron chi connectivity index (χ1n) is 4.71. The topological polar surface area (TPSA) is 141 Å². The number of nitrogens with zero attached hydrogens (tertiary/aromatic N) is 5. The van der Waals surface area contributed by atoms with Gasteiger partial charge in [0.2, 0.25) is 0 Å². The lowest BCUT2D eigenvalue weighted by Gasteiger charge is -2.07. The Morgan fingerprint density at radius 1 is 1.44 bits per heavy atom. The molecule has 0 fully saturated rings. The van der Waals surface area contributed by atoms with Crippen molar-refractivity contribution in [2.75, 3.05) is 10.1 Å². The van der Waals surface area contributed by atoms with E-state index in [1.54, 1.807) is 0 Å². The van der Waals surface area contributed by atoms with Gasteiger partial charge in [0.1, 0.15) is 4.90 Å². The van der Waals surface area contributed by atoms with Crippen LogP contribution in [0.3, 0.4) is 0 Å². The minimum Gasteiger partial charge on any atom is -0.307 e. The van der Waals surface area contributed by atoms with Gasteiger partial charge in [0.05, 0.1) is 7.05 Å². The zero-order chi connectivity index (χ0) is 13.2. The van der Waals surface area contributed by atoms with E-state index in [0.29, 0.717) is 0 Å². The number of anilines is 2. The Hall–Kier alpha value is -2.27. The molecule has 96 valence electrons. The van der Waals surface area contributed by atoms with Gasteiger partial charge in [-0.05, 0) is 17.3 Å². The van der Waals surface area contributed by atoms with E-state index in [4.69, 9.17) is 5.84 Å². The summed E-state index contributed by atoms with van der Waals surface area (Å²) in [6.07, 6.45) is 1.41. The summed E-state index contributed by atoms with van der Waals surface area (Å²) in [6.45, 7) is 0. The minimum absolute atomic E-state index is 0.0221. The quantitative estimate of drug-likeness (QED) is 0.459. The van der Waals surface area contributed by atoms with Gasteiger partial charge in [-0.2, -0.15) is 4.80 Å². The molecule has 2 aromatic heterocycles. The molecule has 0 saturated carbocycles. The third-order valence-electron chi connectivity index (χ3n) is 1.93. The molecular weight excluding hydrogens is 260 g/mol. The Morgan fingerprint density at radius 3 is 2.83 bits per heavy atom. The predicted octanol–water partition coefficient (Wildman–Crippen LogP) is -1.31. The zero-order valence-electron chi connectivity index (χ0n) is 9.27. The highest BCUT2D eigenvalue weighted by atomic mass is 32.2. The Labute approximate surface area is 102 Å². The van der Waals surface area contributed by atoms with Crippen molar-refractivity contribution in [3.63, 3.8) is 0 Å². The molecule has 0 spiro atoms. The maximum Gasteiger partial charge on any atom is 0.277 e. The van der Waals surface area contributed by atoms with Gasteiger partial charge >= 0.3 is 0 Å². The number of nitrogens with two attached hydrogens (primary N) is 1. The number of rotatable bonds is 4. The molecule has 0 aliphatic heterocycles. The lowest BCUT2D eigenvalue weighted by Crippen LogP contribution is -2.19. The Kier molecular flexibility index (Phi) is 3.08. The maximum absolute atomic E-state index is 12.0. The molecule has 4 N–H and O–H groups in total. The van der Waals surface area contributed by atoms with Crippen molar-refractivity contribution in [3.8, 4) is 0 Å². The van der Waals surface area contributed by atoms with E-state index in [0.717, 1.165) is 4.80 Å². The smallest absolute Gasteiger partial charge is 0.277 e. The minimum atomic E-state index is -3.88. The van der Waals surface area contributed by atoms with Crippen LogP contribution in [-0.2, 0) is 17.1 Å². The van der Waals surface area contributed by atoms with Gasteiger partial charge in [-0.1, -0.05) is 5.10 Å². The van der Waals surface area contributed by atoms with Gasteiger partial charge in [0.15, 0.2) is 5.82 Å². The second-order valence-corrected chi connectivity index (χ2v) is 4.85. The van der Waals surface area contributed by atoms with Crippen LogP contribution in [0, 0.1) is 0 Å². The number of hydrazine groups is 1. The molecule has 2 rings (SSSR count). The molecule has 0 aliphatic rings. The second kappa shape index (κ2) is 4.54. The van der Waals surface area contributed by atoms with Crippen molar-refractivity contribution in [3.05, 3.63) is 18.3 Å². The van der Waals surface area contributed by atoms with E-state index < -0.39 is 10.0 Å². The van der Waals surface area contributed by atoms with Crippen molar-refractivity contribution in [2.45, 2.75) is 4.90 Å². The summed E-state index contributed by atoms with van der Waals surface area (Å²) in [5.74, 6) is 5.08. The largest absolute Gasteiger partial charge is 0.307 e. The summed E-state index contributed by atoms with van der Waals surface area (Å²) in [4.78, 5) is 4.81. The van der Waals surface area contributed by atoms with Gasteiger partial charge < -0.3 is 5.43 Å². The second-order valence-electron chi connectivity index (χ2n) is 3.20. The van der Waals surface area contributed by atoms with E-state index in [2.05, 4.69) is 30.5 Å². The number of tetrazole rings is 1. The number of hydrogen-bond acceptors (Lipinski definition) is 8. The number of nitrogen functional groups attached to an aromatic ring is 1. The first-order chi connectivity index (χ1) is 8.53. The third-order valence-corrected chi connectivity index (χ3v) is 3.29. The van der Waals surface area contributed by atoms with Crippen LogP contribution in [0.4, 0.5) is 11.8 Å². The van der Waals surface area contributed by atoms with E-state index in [-0.39, 0.29) is 16.7 Å². The fraction of sp³-hybridized carbons (Fsp3) is 0.143. The van der Waals surface area contributed by atoms with Gasteiger partial charge in [-0.25, -0.2) is 24.0 Å². The number of aromatic nitrogens is 5. The van der Waals surface area contributed by atoms with Crippen molar-refractivity contribution >= 4 is 21.8 Å². The summed E-state index contributed by atoms with van der Waals surface area (Å²) in [7, 11) is -2.36. The van der Waals surface area contributed by atoms with E-state index in [1.165, 1.54) is 25.4 Å². The molecule has 2 aromatic rings. The maximum atomic E-state index is 12.0. The number of nitrogens with one attached hydrogen (secondary N) is 2. The number of pyridine rings is 1. The SMILES string of the molecule is Cn1nnc(NS(=O)(=O)c2cccnc2NN)n1. The van der Waals surface area contributed by atoms with Crippen LogP contribution in [0.5, 0.6) is 0 Å². The highest BCUT2D eigenvalue weighted by Crippen LogP contribution is 2.18. The summed E-state index contributed by atoms with van der Waals surface area (Å²) >= 11 is 0. The van der Waals surface area contributed by atoms with Gasteiger partial charge in [0.25, 0.3) is 16.0 Å². The lowest BCUT2D eigenvalue weighted by molar-refractivity contribution is 0.600. The highest BCUT2D eigenvalue weighted by Gasteiger charge is 2.20. The number of hydrogen-bond donors (Lipinski definition) is 3. The third kappa shape index (κ3) is 2.36. The van der Waals surface area contributed by atoms with Crippen LogP contribution >= 0.6 is 0 Å². The van der Waals surface area contributed by atoms with E-state index in [9.17, 15) is 8.42 Å². The van der Waals surface area contributed by atoms with Crippen LogP contribution in [0.15, 0.2) is 23.2 Å². The van der Waals surface area contributed by atoms with Crippen molar-refractivity contribution in [1.82, 2.24) is 25.2 Å². The van der Waals surface area contributed by atoms with E-state index >= 15 is 0 Å². The lowest BCUT2D eigenvalue weighted by atomic mass is 10.5. The van der Waals surface area contributed by atoms with Crippen molar-refractivity contribution < 1.29 is 8.42 Å². The Balaban J connectivity index is 2.36. The number of sulfonamides is 1. The Morgan fingerprint density at radius 2 is 2.22 bits per heavy atom. The van der Waals surface area contributed by atoms with Crippen molar-refractivity contribution in [2.24, 2.45) is 12.9 Å². The average Bonchev–Trinajstić information content (AvgIpc) is 2.74. The summed E-state index contributed by atoms with van der Waals surface area (Å²) in [6, 6.07) is 2.82. The first-order valence-corrected chi connectivity index (χ1v) is 6.19. The fourth-order valence-electron chi connectivity index (χ4n) is 1.22. The monoisotopic (exact) mass is 270 g/mol. The molecule has 0 amide bonds. The Bertz CT molecular complexity index is 651. The molecule has 0 bridgehead atoms. The molecule has 0 atom stereocenters. The predicted molar refractivity (Wildman–Crippen MR) is 61.7 cm³/mol. The molecule has 2 heterocycles. The molecule has 10 nitrogen and oxygen atoms in total. The molecule has 0 aliphatic carbocycles. The molecule has 0 aromatic carbocycles. The van der Waals surface area contributed by atoms with Crippen LogP contribution in [0.1, 0.15) is 0 Å². The van der Waals surface area contributed by atoms with Crippen LogP contribution in [0.25, 0.3) is 0 Å². The van der Waals surface area contributed by atoms with Crippen LogP contribution in [0.2, 0.25) is 0 Å². The van der Waals surface area contributed by atoms with Gasteiger partial charge in [-0.3, -0.25) is 0 Å². The van der Waals surface area contributed by atoms with Crippen LogP contribution in [-0.4, -0.2) is 33.6 Å². The molecule has 0 saturated heterocycles. The van der Waals surface area contributed by atoms with E-state index in [1.807, 2.05) is 0 Å². The zero-order valence-corrected chi connectivity index (χ0v) is 10.1. The molecule has 11 heteroatoms. The molecule has 18 heavy (non-hydrogen) atoms. The van der Waals surface area contributed by atoms with Crippen LogP contribution < -0.4 is 16.0 Å². The molecule has 0 unspecified atom stereocenters. The summed E-state index contributed by atoms with van der Waals surface area (Å²) in [5, 5.41) is 10.7. The standard InChI is InChI=1S/C7H10N8O2S/c1-15-12-7(11-14-15)13-18(16,17)5-3-2-4-9-6(5)10-8/h2-4H,8H2,1H3,(H,9,10)(H,12,13). The highest BCUT2D eigenvalue weighted by molar-refractivity contribution is 7.92. The van der Waals surface area contributed by atoms with Gasteiger partial charge in [0, 0.05) is 6.20 Å². The van der Waals surface area contributed by atoms with Gasteiger partial charge in [-0.15, -0.1) is 5.10 Å². The fourth-order valence-corrected chi connectivity index (χ4v) is 2.27.